The van der Waals surface area contributed by atoms with Crippen molar-refractivity contribution >= 4 is 40.3 Å². The second-order valence-electron chi connectivity index (χ2n) is 2.48. The van der Waals surface area contributed by atoms with Crippen LogP contribution in [0.4, 0.5) is 0 Å². The fraction of sp³-hybridized carbons (Fsp3) is 0. The summed E-state index contributed by atoms with van der Waals surface area (Å²) in [6.45, 7) is 0. The van der Waals surface area contributed by atoms with E-state index in [-0.39, 0.29) is 13.3 Å². The molecule has 1 aromatic rings. The van der Waals surface area contributed by atoms with Crippen molar-refractivity contribution in [3.8, 4) is 6.07 Å². The van der Waals surface area contributed by atoms with Crippen LogP contribution in [0.15, 0.2) is 32.2 Å². The molecular formula is C8H4ClN3Se2. The number of nitrogens with zero attached hydrogens (tertiary/aromatic N) is 3. The molecule has 0 saturated heterocycles. The maximum atomic E-state index is 8.72. The molecule has 3 nitrogen and oxygen atoms in total. The van der Waals surface area contributed by atoms with Gasteiger partial charge in [-0.25, -0.2) is 0 Å². The van der Waals surface area contributed by atoms with E-state index in [9.17, 15) is 0 Å². The molecule has 1 atom stereocenters. The Morgan fingerprint density at radius 1 is 1.50 bits per heavy atom. The summed E-state index contributed by atoms with van der Waals surface area (Å²) < 4.78 is 8.58. The molecular weight excluding hydrogens is 331 g/mol. The molecule has 70 valence electrons. The third-order valence-corrected chi connectivity index (χ3v) is 7.88. The number of rotatable bonds is 1. The van der Waals surface area contributed by atoms with Crippen LogP contribution in [0, 0.1) is 11.3 Å². The number of hydrogen-bond acceptors (Lipinski definition) is 3. The van der Waals surface area contributed by atoms with Gasteiger partial charge in [0.2, 0.25) is 0 Å². The van der Waals surface area contributed by atoms with Crippen LogP contribution < -0.4 is 0 Å². The van der Waals surface area contributed by atoms with E-state index in [4.69, 9.17) is 15.4 Å². The van der Waals surface area contributed by atoms with Crippen LogP contribution in [0.25, 0.3) is 0 Å². The monoisotopic (exact) mass is 337 g/mol. The van der Waals surface area contributed by atoms with Crippen molar-refractivity contribution in [3.63, 3.8) is 0 Å². The molecule has 14 heavy (non-hydrogen) atoms. The summed E-state index contributed by atoms with van der Waals surface area (Å²) in [5.74, 6) is 0.724. The third kappa shape index (κ3) is 2.12. The topological polar surface area (TPSA) is 48.5 Å². The van der Waals surface area contributed by atoms with Gasteiger partial charge >= 0.3 is 94.9 Å². The number of hydrogen-bond donors (Lipinski definition) is 0. The van der Waals surface area contributed by atoms with E-state index >= 15 is 0 Å². The molecule has 1 aromatic carbocycles. The van der Waals surface area contributed by atoms with Gasteiger partial charge in [-0.3, -0.25) is 0 Å². The van der Waals surface area contributed by atoms with Crippen molar-refractivity contribution < 1.29 is 0 Å². The minimum absolute atomic E-state index is 0.125. The van der Waals surface area contributed by atoms with Gasteiger partial charge in [-0.1, -0.05) is 0 Å². The van der Waals surface area contributed by atoms with Crippen LogP contribution in [-0.2, 0) is 0 Å². The van der Waals surface area contributed by atoms with E-state index < -0.39 is 11.0 Å². The van der Waals surface area contributed by atoms with Crippen LogP contribution in [0.5, 0.6) is 0 Å². The van der Waals surface area contributed by atoms with Crippen LogP contribution in [-0.4, -0.2) is 30.2 Å². The Kier molecular flexibility index (Phi) is 3.12. The summed E-state index contributed by atoms with van der Waals surface area (Å²) in [7, 11) is 4.63. The second-order valence-corrected chi connectivity index (χ2v) is 13.2. The summed E-state index contributed by atoms with van der Waals surface area (Å²) >= 11 is 0.125. The van der Waals surface area contributed by atoms with Crippen LogP contribution in [0.3, 0.4) is 0 Å². The van der Waals surface area contributed by atoms with Crippen LogP contribution >= 0.6 is 10.1 Å². The van der Waals surface area contributed by atoms with Crippen molar-refractivity contribution in [2.24, 2.45) is 7.97 Å². The van der Waals surface area contributed by atoms with Gasteiger partial charge in [0.05, 0.1) is 0 Å². The molecule has 0 amide bonds. The molecule has 0 radical (unpaired) electrons. The van der Waals surface area contributed by atoms with Gasteiger partial charge in [0, 0.05) is 0 Å². The van der Waals surface area contributed by atoms with Gasteiger partial charge in [-0.2, -0.15) is 0 Å². The van der Waals surface area contributed by atoms with E-state index in [2.05, 4.69) is 14.0 Å². The second kappa shape index (κ2) is 4.35. The van der Waals surface area contributed by atoms with Crippen LogP contribution in [0.1, 0.15) is 11.1 Å². The predicted molar refractivity (Wildman–Crippen MR) is 57.5 cm³/mol. The quantitative estimate of drug-likeness (QED) is 0.716. The molecule has 0 fully saturated rings. The fourth-order valence-corrected chi connectivity index (χ4v) is 6.18. The summed E-state index contributed by atoms with van der Waals surface area (Å²) in [5, 5.41) is 8.72. The Bertz CT molecular complexity index is 476. The van der Waals surface area contributed by atoms with Crippen molar-refractivity contribution in [2.75, 3.05) is 0 Å². The molecule has 0 saturated carbocycles. The van der Waals surface area contributed by atoms with Gasteiger partial charge in [-0.05, 0) is 0 Å². The zero-order chi connectivity index (χ0) is 9.97. The summed E-state index contributed by atoms with van der Waals surface area (Å²) in [5.41, 5.74) is 1.53. The average molecular weight is 336 g/mol. The summed E-state index contributed by atoms with van der Waals surface area (Å²) in [4.78, 5) is 0. The first-order valence-electron chi connectivity index (χ1n) is 3.68. The van der Waals surface area contributed by atoms with Gasteiger partial charge in [0.25, 0.3) is 0 Å². The molecule has 2 rings (SSSR count). The Morgan fingerprint density at radius 2 is 2.36 bits per heavy atom. The van der Waals surface area contributed by atoms with E-state index in [1.807, 2.05) is 12.1 Å². The van der Waals surface area contributed by atoms with Gasteiger partial charge in [0.1, 0.15) is 0 Å². The summed E-state index contributed by atoms with van der Waals surface area (Å²) in [6, 6.07) is 9.38. The fourth-order valence-electron chi connectivity index (χ4n) is 1.00. The van der Waals surface area contributed by atoms with Crippen molar-refractivity contribution in [1.29, 1.82) is 5.26 Å². The molecule has 1 heterocycles. The molecule has 1 aliphatic rings. The number of benzene rings is 1. The van der Waals surface area contributed by atoms with E-state index in [0.29, 0.717) is 5.56 Å². The Morgan fingerprint density at radius 3 is 3.00 bits per heavy atom. The zero-order valence-corrected chi connectivity index (χ0v) is 11.0. The number of amidine groups is 1. The molecule has 0 spiro atoms. The molecule has 6 heteroatoms. The average Bonchev–Trinajstić information content (AvgIpc) is 2.65. The van der Waals surface area contributed by atoms with Crippen molar-refractivity contribution in [1.82, 2.24) is 0 Å². The third-order valence-electron chi connectivity index (χ3n) is 1.59. The molecule has 0 aromatic heterocycles. The molecule has 1 aliphatic heterocycles. The summed E-state index contributed by atoms with van der Waals surface area (Å²) in [6.07, 6.45) is 0. The predicted octanol–water partition coefficient (Wildman–Crippen LogP) is 1.43. The maximum absolute atomic E-state index is 8.72. The Labute approximate surface area is 94.6 Å². The number of halogens is 1. The standard InChI is InChI=1S/C8H4ClN3Se2/c9-14-12-8(11-13-14)7-3-1-2-6(4-7)5-10/h1-4H. The first-order valence-corrected chi connectivity index (χ1v) is 11.8. The first-order chi connectivity index (χ1) is 6.79. The SMILES string of the molecule is N#Cc1cccc(C2=N[Se][Se](Cl)=N2)c1. The molecule has 0 N–H and O–H groups in total. The number of nitriles is 1. The Hall–Kier alpha value is -0.491. The van der Waals surface area contributed by atoms with E-state index in [0.717, 1.165) is 11.4 Å². The van der Waals surface area contributed by atoms with E-state index in [1.54, 1.807) is 12.1 Å². The van der Waals surface area contributed by atoms with Crippen LogP contribution in [0.2, 0.25) is 0 Å². The van der Waals surface area contributed by atoms with Crippen molar-refractivity contribution in [3.05, 3.63) is 35.4 Å². The van der Waals surface area contributed by atoms with Gasteiger partial charge in [-0.15, -0.1) is 0 Å². The van der Waals surface area contributed by atoms with Crippen molar-refractivity contribution in [2.45, 2.75) is 0 Å². The van der Waals surface area contributed by atoms with Gasteiger partial charge in [0.15, 0.2) is 0 Å². The van der Waals surface area contributed by atoms with Gasteiger partial charge < -0.3 is 0 Å². The zero-order valence-electron chi connectivity index (χ0n) is 6.85. The molecule has 0 aliphatic carbocycles. The van der Waals surface area contributed by atoms with E-state index in [1.165, 1.54) is 0 Å². The first kappa shape index (κ1) is 10.0. The minimum atomic E-state index is -1.30. The molecule has 0 bridgehead atoms. The Balaban J connectivity index is 2.39. The molecule has 1 unspecified atom stereocenters. The normalized spacial score (nSPS) is 19.7.